The van der Waals surface area contributed by atoms with Crippen LogP contribution in [0.2, 0.25) is 0 Å². The number of unbranched alkanes of at least 4 members (excludes halogenated alkanes) is 4. The Hall–Kier alpha value is -2.32. The quantitative estimate of drug-likeness (QED) is 0.0695. The Kier molecular flexibility index (Phi) is 22.3. The van der Waals surface area contributed by atoms with E-state index in [1.165, 1.54) is 154 Å². The topological polar surface area (TPSA) is 36.9 Å². The van der Waals surface area contributed by atoms with Crippen molar-refractivity contribution >= 4 is 0 Å². The summed E-state index contributed by atoms with van der Waals surface area (Å²) in [6, 6.07) is 6.55. The van der Waals surface area contributed by atoms with Crippen LogP contribution in [0, 0.1) is 76.5 Å². The molecule has 0 unspecified atom stereocenters. The predicted molar refractivity (Wildman–Crippen MR) is 273 cm³/mol. The first-order chi connectivity index (χ1) is 33.6. The first-order valence-corrected chi connectivity index (χ1v) is 29.1. The maximum absolute atomic E-state index is 15.4. The Morgan fingerprint density at radius 1 is 0.449 bits per heavy atom. The molecule has 2 aromatic carbocycles. The Morgan fingerprint density at radius 2 is 0.797 bits per heavy atom. The molecular weight excluding hydrogens is 873 g/mol. The van der Waals surface area contributed by atoms with Gasteiger partial charge in [-0.05, 0) is 160 Å². The van der Waals surface area contributed by atoms with Gasteiger partial charge in [0.15, 0.2) is 28.9 Å². The molecular formula is C61H94F4O4. The van der Waals surface area contributed by atoms with Crippen LogP contribution in [-0.4, -0.2) is 32.2 Å². The number of halogens is 4. The van der Waals surface area contributed by atoms with Gasteiger partial charge in [0.05, 0.1) is 26.4 Å². The van der Waals surface area contributed by atoms with Crippen molar-refractivity contribution in [2.75, 3.05) is 26.4 Å². The van der Waals surface area contributed by atoms with Crippen molar-refractivity contribution in [1.29, 1.82) is 0 Å². The van der Waals surface area contributed by atoms with Gasteiger partial charge in [-0.3, -0.25) is 0 Å². The molecule has 0 aromatic heterocycles. The average molecular weight is 967 g/mol. The summed E-state index contributed by atoms with van der Waals surface area (Å²) in [5.41, 5.74) is 0.868. The van der Waals surface area contributed by atoms with Gasteiger partial charge in [-0.2, -0.15) is 8.78 Å². The van der Waals surface area contributed by atoms with Crippen LogP contribution < -0.4 is 9.47 Å². The molecule has 5 aliphatic rings. The number of rotatable bonds is 26. The second kappa shape index (κ2) is 28.2. The van der Waals surface area contributed by atoms with E-state index in [0.29, 0.717) is 74.7 Å². The van der Waals surface area contributed by atoms with E-state index in [1.807, 2.05) is 0 Å². The van der Waals surface area contributed by atoms with Crippen LogP contribution in [-0.2, 0) is 22.3 Å². The smallest absolute Gasteiger partial charge is 0.200 e. The van der Waals surface area contributed by atoms with Crippen LogP contribution in [0.1, 0.15) is 225 Å². The summed E-state index contributed by atoms with van der Waals surface area (Å²) in [5, 5.41) is 0. The van der Waals surface area contributed by atoms with E-state index in [4.69, 9.17) is 18.9 Å². The summed E-state index contributed by atoms with van der Waals surface area (Å²) in [4.78, 5) is 0. The second-order valence-corrected chi connectivity index (χ2v) is 23.4. The van der Waals surface area contributed by atoms with Crippen LogP contribution >= 0.6 is 0 Å². The van der Waals surface area contributed by atoms with E-state index in [2.05, 4.69) is 20.8 Å². The second-order valence-electron chi connectivity index (χ2n) is 23.4. The van der Waals surface area contributed by atoms with Crippen LogP contribution in [0.15, 0.2) is 24.3 Å². The molecule has 4 saturated carbocycles. The number of hydrogen-bond donors (Lipinski definition) is 0. The molecule has 0 radical (unpaired) electrons. The fourth-order valence-corrected chi connectivity index (χ4v) is 13.8. The summed E-state index contributed by atoms with van der Waals surface area (Å²) >= 11 is 0. The van der Waals surface area contributed by atoms with Gasteiger partial charge >= 0.3 is 0 Å². The van der Waals surface area contributed by atoms with Crippen molar-refractivity contribution < 1.29 is 36.5 Å². The van der Waals surface area contributed by atoms with Crippen molar-refractivity contribution in [3.63, 3.8) is 0 Å². The number of benzene rings is 2. The van der Waals surface area contributed by atoms with Crippen LogP contribution in [0.3, 0.4) is 0 Å². The van der Waals surface area contributed by atoms with Crippen LogP contribution in [0.4, 0.5) is 17.6 Å². The standard InChI is InChI=1S/C61H94F4O4/c1-4-6-8-12-45-14-24-49(25-15-45)51-28-18-47(19-29-51)22-32-53-34-36-55(59(64)57(53)62)66-40-10-38-61(68-42-44(3)43-69-61)39-11-41-67-56-37-35-54(58(63)60(56)65)33-23-48-20-30-52(31-21-48)50-26-16-46(17-27-50)13-9-7-5-2/h34-37,44-52H,4-33,38-43H2,1-3H3. The molecule has 4 nitrogen and oxygen atoms in total. The predicted octanol–water partition coefficient (Wildman–Crippen LogP) is 17.9. The van der Waals surface area contributed by atoms with Crippen molar-refractivity contribution in [3.8, 4) is 11.5 Å². The van der Waals surface area contributed by atoms with E-state index < -0.39 is 29.1 Å². The van der Waals surface area contributed by atoms with Crippen molar-refractivity contribution in [3.05, 3.63) is 58.7 Å². The zero-order chi connectivity index (χ0) is 48.4. The first kappa shape index (κ1) is 54.5. The molecule has 69 heavy (non-hydrogen) atoms. The van der Waals surface area contributed by atoms with Gasteiger partial charge in [-0.25, -0.2) is 8.78 Å². The Morgan fingerprint density at radius 3 is 1.14 bits per heavy atom. The lowest BCUT2D eigenvalue weighted by molar-refractivity contribution is -0.288. The van der Waals surface area contributed by atoms with Gasteiger partial charge < -0.3 is 18.9 Å². The lowest BCUT2D eigenvalue weighted by atomic mass is 9.68. The summed E-state index contributed by atoms with van der Waals surface area (Å²) in [7, 11) is 0. The third kappa shape index (κ3) is 16.3. The molecule has 1 heterocycles. The highest BCUT2D eigenvalue weighted by molar-refractivity contribution is 5.32. The van der Waals surface area contributed by atoms with Gasteiger partial charge in [0.2, 0.25) is 11.6 Å². The number of aryl methyl sites for hydroxylation is 2. The van der Waals surface area contributed by atoms with E-state index in [0.717, 1.165) is 48.3 Å². The van der Waals surface area contributed by atoms with E-state index in [-0.39, 0.29) is 30.6 Å². The minimum absolute atomic E-state index is 0.0680. The van der Waals surface area contributed by atoms with E-state index in [9.17, 15) is 0 Å². The molecule has 0 amide bonds. The number of hydrogen-bond acceptors (Lipinski definition) is 4. The molecule has 7 rings (SSSR count). The molecule has 0 spiro atoms. The summed E-state index contributed by atoms with van der Waals surface area (Å²) in [6.45, 7) is 8.07. The highest BCUT2D eigenvalue weighted by atomic mass is 19.2. The van der Waals surface area contributed by atoms with E-state index in [1.54, 1.807) is 24.3 Å². The van der Waals surface area contributed by atoms with Gasteiger partial charge in [-0.15, -0.1) is 0 Å². The minimum atomic E-state index is -0.915. The molecule has 8 heteroatoms. The van der Waals surface area contributed by atoms with E-state index >= 15 is 17.6 Å². The molecule has 0 N–H and O–H groups in total. The maximum atomic E-state index is 15.4. The summed E-state index contributed by atoms with van der Waals surface area (Å²) in [6.07, 6.45) is 37.2. The largest absolute Gasteiger partial charge is 0.490 e. The molecule has 4 aliphatic carbocycles. The number of ether oxygens (including phenoxy) is 4. The molecule has 0 atom stereocenters. The first-order valence-electron chi connectivity index (χ1n) is 29.1. The van der Waals surface area contributed by atoms with Crippen LogP contribution in [0.25, 0.3) is 0 Å². The highest BCUT2D eigenvalue weighted by Crippen LogP contribution is 2.45. The van der Waals surface area contributed by atoms with Gasteiger partial charge in [0.25, 0.3) is 0 Å². The SMILES string of the molecule is CCCCCC1CCC(C2CCC(CCc3ccc(OCCCC4(CCCOc5ccc(CCC6CCC(C7CCC(CCCCC)CC7)CC6)c(F)c5F)OCC(C)CO4)c(F)c3F)CC2)CC1. The summed E-state index contributed by atoms with van der Waals surface area (Å²) < 4.78 is 85.5. The van der Waals surface area contributed by atoms with Crippen molar-refractivity contribution in [2.24, 2.45) is 53.3 Å². The monoisotopic (exact) mass is 967 g/mol. The van der Waals surface area contributed by atoms with Gasteiger partial charge in [0.1, 0.15) is 0 Å². The molecule has 1 aliphatic heterocycles. The zero-order valence-electron chi connectivity index (χ0n) is 43.6. The lowest BCUT2D eigenvalue weighted by Crippen LogP contribution is -2.44. The lowest BCUT2D eigenvalue weighted by Gasteiger charge is -2.39. The minimum Gasteiger partial charge on any atom is -0.490 e. The molecule has 5 fully saturated rings. The summed E-state index contributed by atoms with van der Waals surface area (Å²) in [5.74, 6) is 2.37. The normalized spacial score (nSPS) is 30.0. The molecule has 2 aromatic rings. The Balaban J connectivity index is 0.778. The van der Waals surface area contributed by atoms with Gasteiger partial charge in [-0.1, -0.05) is 136 Å². The third-order valence-electron chi connectivity index (χ3n) is 18.4. The fraction of sp³-hybridized carbons (Fsp3) is 0.803. The Labute approximate surface area is 416 Å². The van der Waals surface area contributed by atoms with Crippen molar-refractivity contribution in [2.45, 2.75) is 232 Å². The van der Waals surface area contributed by atoms with Crippen molar-refractivity contribution in [1.82, 2.24) is 0 Å². The maximum Gasteiger partial charge on any atom is 0.200 e. The molecule has 1 saturated heterocycles. The highest BCUT2D eigenvalue weighted by Gasteiger charge is 2.37. The Bertz CT molecular complexity index is 1640. The van der Waals surface area contributed by atoms with Crippen LogP contribution in [0.5, 0.6) is 11.5 Å². The zero-order valence-corrected chi connectivity index (χ0v) is 43.6. The average Bonchev–Trinajstić information content (AvgIpc) is 3.38. The molecule has 390 valence electrons. The van der Waals surface area contributed by atoms with Gasteiger partial charge in [0, 0.05) is 18.8 Å². The fourth-order valence-electron chi connectivity index (χ4n) is 13.8. The third-order valence-corrected chi connectivity index (χ3v) is 18.4. The molecule has 0 bridgehead atoms.